The number of carbonyl (C=O) groups excluding carboxylic acids is 1. The van der Waals surface area contributed by atoms with E-state index in [2.05, 4.69) is 0 Å². The summed E-state index contributed by atoms with van der Waals surface area (Å²) < 4.78 is 37.4. The number of benzene rings is 1. The number of aliphatic hydroxyl groups excluding tert-OH is 2. The monoisotopic (exact) mass is 263 g/mol. The molecule has 4 nitrogen and oxygen atoms in total. The van der Waals surface area contributed by atoms with Crippen molar-refractivity contribution in [1.29, 1.82) is 0 Å². The number of rotatable bonds is 4. The SMILES string of the molecule is NC(=O)c1cc(C(F)(F)F)ccc1C[C@@H](O)CO. The van der Waals surface area contributed by atoms with Crippen molar-refractivity contribution in [3.63, 3.8) is 0 Å². The van der Waals surface area contributed by atoms with Gasteiger partial charge in [-0.05, 0) is 17.7 Å². The van der Waals surface area contributed by atoms with Gasteiger partial charge in [-0.1, -0.05) is 6.07 Å². The summed E-state index contributed by atoms with van der Waals surface area (Å²) in [5, 5.41) is 17.9. The lowest BCUT2D eigenvalue weighted by atomic mass is 9.98. The van der Waals surface area contributed by atoms with Crippen LogP contribution in [0.2, 0.25) is 0 Å². The Morgan fingerprint density at radius 2 is 2.00 bits per heavy atom. The Bertz CT molecular complexity index is 446. The maximum Gasteiger partial charge on any atom is 0.416 e. The maximum atomic E-state index is 12.5. The summed E-state index contributed by atoms with van der Waals surface area (Å²) in [5.74, 6) is -1.01. The highest BCUT2D eigenvalue weighted by atomic mass is 19.4. The highest BCUT2D eigenvalue weighted by Gasteiger charge is 2.31. The molecule has 0 fully saturated rings. The van der Waals surface area contributed by atoms with Crippen LogP contribution in [0.25, 0.3) is 0 Å². The van der Waals surface area contributed by atoms with Crippen molar-refractivity contribution in [2.45, 2.75) is 18.7 Å². The second-order valence-electron chi connectivity index (χ2n) is 3.77. The number of alkyl halides is 3. The Labute approximate surface area is 101 Å². The fraction of sp³-hybridized carbons (Fsp3) is 0.364. The molecule has 0 saturated heterocycles. The first-order valence-corrected chi connectivity index (χ1v) is 5.04. The van der Waals surface area contributed by atoms with Gasteiger partial charge in [-0.15, -0.1) is 0 Å². The highest BCUT2D eigenvalue weighted by Crippen LogP contribution is 2.30. The lowest BCUT2D eigenvalue weighted by Gasteiger charge is -2.13. The molecule has 1 aromatic carbocycles. The summed E-state index contributed by atoms with van der Waals surface area (Å²) in [4.78, 5) is 11.1. The van der Waals surface area contributed by atoms with E-state index in [-0.39, 0.29) is 17.5 Å². The molecule has 4 N–H and O–H groups in total. The Morgan fingerprint density at radius 3 is 2.44 bits per heavy atom. The van der Waals surface area contributed by atoms with E-state index < -0.39 is 30.4 Å². The molecule has 0 aliphatic heterocycles. The van der Waals surface area contributed by atoms with Gasteiger partial charge < -0.3 is 15.9 Å². The fourth-order valence-corrected chi connectivity index (χ4v) is 1.48. The molecule has 0 aliphatic carbocycles. The van der Waals surface area contributed by atoms with Crippen molar-refractivity contribution in [3.8, 4) is 0 Å². The van der Waals surface area contributed by atoms with Crippen molar-refractivity contribution in [1.82, 2.24) is 0 Å². The second kappa shape index (κ2) is 5.36. The summed E-state index contributed by atoms with van der Waals surface area (Å²) in [6.45, 7) is -0.556. The van der Waals surface area contributed by atoms with Crippen LogP contribution in [-0.2, 0) is 12.6 Å². The molecule has 0 radical (unpaired) electrons. The molecule has 0 unspecified atom stereocenters. The van der Waals surface area contributed by atoms with E-state index in [9.17, 15) is 23.1 Å². The molecule has 1 amide bonds. The highest BCUT2D eigenvalue weighted by molar-refractivity contribution is 5.94. The lowest BCUT2D eigenvalue weighted by Crippen LogP contribution is -2.21. The van der Waals surface area contributed by atoms with Crippen molar-refractivity contribution < 1.29 is 28.2 Å². The van der Waals surface area contributed by atoms with Gasteiger partial charge in [-0.2, -0.15) is 13.2 Å². The minimum atomic E-state index is -4.57. The van der Waals surface area contributed by atoms with Gasteiger partial charge in [-0.3, -0.25) is 4.79 Å². The molecule has 0 bridgehead atoms. The van der Waals surface area contributed by atoms with Crippen molar-refractivity contribution in [2.24, 2.45) is 5.73 Å². The van der Waals surface area contributed by atoms with Crippen molar-refractivity contribution >= 4 is 5.91 Å². The number of carbonyl (C=O) groups is 1. The maximum absolute atomic E-state index is 12.5. The first-order valence-electron chi connectivity index (χ1n) is 5.04. The van der Waals surface area contributed by atoms with Crippen LogP contribution in [-0.4, -0.2) is 28.8 Å². The van der Waals surface area contributed by atoms with E-state index in [0.29, 0.717) is 6.07 Å². The molecule has 18 heavy (non-hydrogen) atoms. The van der Waals surface area contributed by atoms with Gasteiger partial charge in [-0.25, -0.2) is 0 Å². The third-order valence-electron chi connectivity index (χ3n) is 2.37. The fourth-order valence-electron chi connectivity index (χ4n) is 1.48. The Morgan fingerprint density at radius 1 is 1.39 bits per heavy atom. The zero-order valence-corrected chi connectivity index (χ0v) is 9.24. The largest absolute Gasteiger partial charge is 0.416 e. The van der Waals surface area contributed by atoms with Gasteiger partial charge in [0.15, 0.2) is 0 Å². The lowest BCUT2D eigenvalue weighted by molar-refractivity contribution is -0.137. The van der Waals surface area contributed by atoms with Gasteiger partial charge in [0, 0.05) is 12.0 Å². The molecule has 0 spiro atoms. The molecule has 0 heterocycles. The van der Waals surface area contributed by atoms with Crippen molar-refractivity contribution in [2.75, 3.05) is 6.61 Å². The summed E-state index contributed by atoms with van der Waals surface area (Å²) >= 11 is 0. The number of halogens is 3. The molecular formula is C11H12F3NO3. The molecule has 7 heteroatoms. The first kappa shape index (κ1) is 14.5. The van der Waals surface area contributed by atoms with Gasteiger partial charge in [0.2, 0.25) is 5.91 Å². The molecule has 100 valence electrons. The quantitative estimate of drug-likeness (QED) is 0.747. The third-order valence-corrected chi connectivity index (χ3v) is 2.37. The Balaban J connectivity index is 3.17. The Kier molecular flexibility index (Phi) is 4.31. The van der Waals surface area contributed by atoms with Gasteiger partial charge in [0.1, 0.15) is 0 Å². The van der Waals surface area contributed by atoms with Crippen LogP contribution in [0, 0.1) is 0 Å². The van der Waals surface area contributed by atoms with Crippen LogP contribution in [0.4, 0.5) is 13.2 Å². The molecule has 0 saturated carbocycles. The zero-order chi connectivity index (χ0) is 13.9. The number of amides is 1. The molecule has 1 rings (SSSR count). The normalized spacial score (nSPS) is 13.4. The van der Waals surface area contributed by atoms with Crippen LogP contribution >= 0.6 is 0 Å². The number of primary amides is 1. The van der Waals surface area contributed by atoms with Crippen LogP contribution in [0.1, 0.15) is 21.5 Å². The van der Waals surface area contributed by atoms with Crippen LogP contribution < -0.4 is 5.73 Å². The van der Waals surface area contributed by atoms with E-state index in [1.807, 2.05) is 0 Å². The zero-order valence-electron chi connectivity index (χ0n) is 9.24. The van der Waals surface area contributed by atoms with E-state index in [1.165, 1.54) is 0 Å². The minimum Gasteiger partial charge on any atom is -0.394 e. The summed E-state index contributed by atoms with van der Waals surface area (Å²) in [7, 11) is 0. The van der Waals surface area contributed by atoms with Crippen LogP contribution in [0.3, 0.4) is 0 Å². The standard InChI is InChI=1S/C11H12F3NO3/c12-11(13,14)7-2-1-6(3-8(17)5-16)9(4-7)10(15)18/h1-2,4,8,16-17H,3,5H2,(H2,15,18)/t8-/m1/s1. The van der Waals surface area contributed by atoms with E-state index in [0.717, 1.165) is 12.1 Å². The topological polar surface area (TPSA) is 83.6 Å². The summed E-state index contributed by atoms with van der Waals surface area (Å²) in [6, 6.07) is 2.51. The van der Waals surface area contributed by atoms with E-state index in [4.69, 9.17) is 10.8 Å². The molecule has 0 aromatic heterocycles. The third kappa shape index (κ3) is 3.44. The van der Waals surface area contributed by atoms with Gasteiger partial charge >= 0.3 is 6.18 Å². The smallest absolute Gasteiger partial charge is 0.394 e. The van der Waals surface area contributed by atoms with Gasteiger partial charge in [0.05, 0.1) is 18.3 Å². The molecule has 0 aliphatic rings. The van der Waals surface area contributed by atoms with Gasteiger partial charge in [0.25, 0.3) is 0 Å². The van der Waals surface area contributed by atoms with Crippen LogP contribution in [0.15, 0.2) is 18.2 Å². The number of nitrogens with two attached hydrogens (primary N) is 1. The van der Waals surface area contributed by atoms with E-state index in [1.54, 1.807) is 0 Å². The summed E-state index contributed by atoms with van der Waals surface area (Å²) in [5.41, 5.74) is 3.86. The number of hydrogen-bond acceptors (Lipinski definition) is 3. The minimum absolute atomic E-state index is 0.146. The summed E-state index contributed by atoms with van der Waals surface area (Å²) in [6.07, 6.45) is -5.87. The number of aliphatic hydroxyl groups is 2. The molecule has 1 atom stereocenters. The number of hydrogen-bond donors (Lipinski definition) is 3. The molecular weight excluding hydrogens is 251 g/mol. The average molecular weight is 263 g/mol. The Hall–Kier alpha value is -1.60. The predicted octanol–water partition coefficient (Wildman–Crippen LogP) is 0.700. The predicted molar refractivity (Wildman–Crippen MR) is 56.8 cm³/mol. The molecule has 1 aromatic rings. The van der Waals surface area contributed by atoms with Crippen LogP contribution in [0.5, 0.6) is 0 Å². The van der Waals surface area contributed by atoms with E-state index >= 15 is 0 Å². The van der Waals surface area contributed by atoms with Crippen molar-refractivity contribution in [3.05, 3.63) is 34.9 Å². The second-order valence-corrected chi connectivity index (χ2v) is 3.77. The first-order chi connectivity index (χ1) is 8.25. The average Bonchev–Trinajstić information content (AvgIpc) is 2.27.